The molecule has 0 radical (unpaired) electrons. The van der Waals surface area contributed by atoms with Crippen LogP contribution >= 0.6 is 58.9 Å². The fourth-order valence-electron chi connectivity index (χ4n) is 0.756. The number of amidine groups is 1. The van der Waals surface area contributed by atoms with E-state index in [1.54, 1.807) is 18.2 Å². The molecule has 0 amide bonds. The van der Waals surface area contributed by atoms with Crippen LogP contribution in [0.1, 0.15) is 0 Å². The number of halogens is 3. The number of hydrogen-bond donors (Lipinski definition) is 2. The fourth-order valence-corrected chi connectivity index (χ4v) is 1.27. The minimum Gasteiger partial charge on any atom is -0.335 e. The molecule has 78 valence electrons. The van der Waals surface area contributed by atoms with Crippen LogP contribution < -0.4 is 5.32 Å². The quantitative estimate of drug-likeness (QED) is 0.443. The molecule has 0 heterocycles. The highest BCUT2D eigenvalue weighted by Gasteiger charge is 2.00. The molecule has 0 unspecified atom stereocenters. The fraction of sp³-hybridized carbons (Fsp3) is 0.125. The summed E-state index contributed by atoms with van der Waals surface area (Å²) in [7, 11) is 0. The highest BCUT2D eigenvalue weighted by atomic mass is 127. The lowest BCUT2D eigenvalue weighted by Gasteiger charge is -2.05. The molecular formula is C8H9Cl2IN2S. The van der Waals surface area contributed by atoms with Crippen molar-refractivity contribution in [3.8, 4) is 0 Å². The minimum absolute atomic E-state index is 0. The molecule has 0 aliphatic rings. The van der Waals surface area contributed by atoms with Gasteiger partial charge >= 0.3 is 0 Å². The van der Waals surface area contributed by atoms with E-state index in [1.165, 1.54) is 11.8 Å². The van der Waals surface area contributed by atoms with Crippen molar-refractivity contribution in [1.29, 1.82) is 5.41 Å². The van der Waals surface area contributed by atoms with Gasteiger partial charge in [-0.05, 0) is 24.5 Å². The summed E-state index contributed by atoms with van der Waals surface area (Å²) >= 11 is 12.8. The lowest BCUT2D eigenvalue weighted by molar-refractivity contribution is 1.51. The van der Waals surface area contributed by atoms with E-state index in [9.17, 15) is 0 Å². The van der Waals surface area contributed by atoms with Gasteiger partial charge in [-0.1, -0.05) is 35.0 Å². The van der Waals surface area contributed by atoms with Gasteiger partial charge in [0.1, 0.15) is 0 Å². The van der Waals surface area contributed by atoms with E-state index < -0.39 is 0 Å². The van der Waals surface area contributed by atoms with Crippen molar-refractivity contribution in [2.24, 2.45) is 0 Å². The first kappa shape index (κ1) is 14.3. The molecule has 1 rings (SSSR count). The van der Waals surface area contributed by atoms with Crippen LogP contribution in [-0.2, 0) is 0 Å². The van der Waals surface area contributed by atoms with Gasteiger partial charge < -0.3 is 5.32 Å². The number of rotatable bonds is 1. The standard InChI is InChI=1S/C8H8Cl2N2S.HI/c1-13-8(11)12-5-2-3-6(9)7(10)4-5;/h2-4H,1H3,(H2,11,12);1H. The number of benzene rings is 1. The topological polar surface area (TPSA) is 35.9 Å². The van der Waals surface area contributed by atoms with Crippen LogP contribution in [0, 0.1) is 5.41 Å². The second-order valence-electron chi connectivity index (χ2n) is 2.29. The molecule has 2 nitrogen and oxygen atoms in total. The molecule has 0 atom stereocenters. The highest BCUT2D eigenvalue weighted by molar-refractivity contribution is 14.0. The number of nitrogens with one attached hydrogen (secondary N) is 2. The van der Waals surface area contributed by atoms with E-state index in [2.05, 4.69) is 5.32 Å². The average molecular weight is 363 g/mol. The number of anilines is 1. The van der Waals surface area contributed by atoms with E-state index in [-0.39, 0.29) is 24.0 Å². The molecular weight excluding hydrogens is 354 g/mol. The zero-order valence-electron chi connectivity index (χ0n) is 7.30. The maximum atomic E-state index is 7.37. The van der Waals surface area contributed by atoms with Crippen molar-refractivity contribution in [3.63, 3.8) is 0 Å². The molecule has 1 aromatic rings. The third-order valence-corrected chi connectivity index (χ3v) is 2.63. The lowest BCUT2D eigenvalue weighted by Crippen LogP contribution is -2.04. The Morgan fingerprint density at radius 3 is 2.50 bits per heavy atom. The Labute approximate surface area is 114 Å². The van der Waals surface area contributed by atoms with Gasteiger partial charge in [0.2, 0.25) is 0 Å². The van der Waals surface area contributed by atoms with E-state index >= 15 is 0 Å². The van der Waals surface area contributed by atoms with Crippen molar-refractivity contribution in [2.45, 2.75) is 0 Å². The molecule has 0 saturated heterocycles. The van der Waals surface area contributed by atoms with Crippen LogP contribution in [-0.4, -0.2) is 11.4 Å². The summed E-state index contributed by atoms with van der Waals surface area (Å²) in [6.45, 7) is 0. The summed E-state index contributed by atoms with van der Waals surface area (Å²) in [6, 6.07) is 5.16. The van der Waals surface area contributed by atoms with Crippen molar-refractivity contribution in [3.05, 3.63) is 28.2 Å². The molecule has 0 aliphatic heterocycles. The molecule has 2 N–H and O–H groups in total. The zero-order chi connectivity index (χ0) is 9.84. The zero-order valence-corrected chi connectivity index (χ0v) is 12.0. The third kappa shape index (κ3) is 4.25. The van der Waals surface area contributed by atoms with Gasteiger partial charge in [-0.25, -0.2) is 0 Å². The smallest absolute Gasteiger partial charge is 0.157 e. The molecule has 0 aromatic heterocycles. The van der Waals surface area contributed by atoms with Gasteiger partial charge in [0.05, 0.1) is 10.0 Å². The Balaban J connectivity index is 0.00000169. The van der Waals surface area contributed by atoms with Crippen LogP contribution in [0.3, 0.4) is 0 Å². The van der Waals surface area contributed by atoms with Crippen molar-refractivity contribution in [1.82, 2.24) is 0 Å². The third-order valence-electron chi connectivity index (χ3n) is 1.38. The Kier molecular flexibility index (Phi) is 6.93. The Morgan fingerprint density at radius 2 is 2.00 bits per heavy atom. The van der Waals surface area contributed by atoms with E-state index in [0.717, 1.165) is 5.69 Å². The lowest BCUT2D eigenvalue weighted by atomic mass is 10.3. The Morgan fingerprint density at radius 1 is 1.36 bits per heavy atom. The summed E-state index contributed by atoms with van der Waals surface area (Å²) in [5.41, 5.74) is 0.772. The first-order chi connectivity index (χ1) is 6.13. The number of thioether (sulfide) groups is 1. The van der Waals surface area contributed by atoms with Crippen LogP contribution in [0.15, 0.2) is 18.2 Å². The normalized spacial score (nSPS) is 9.07. The van der Waals surface area contributed by atoms with Gasteiger partial charge in [-0.15, -0.1) is 24.0 Å². The summed E-state index contributed by atoms with van der Waals surface area (Å²) < 4.78 is 0. The molecule has 0 saturated carbocycles. The second-order valence-corrected chi connectivity index (χ2v) is 3.92. The van der Waals surface area contributed by atoms with Crippen molar-refractivity contribution in [2.75, 3.05) is 11.6 Å². The number of hydrogen-bond acceptors (Lipinski definition) is 2. The van der Waals surface area contributed by atoms with Crippen molar-refractivity contribution >= 4 is 69.8 Å². The van der Waals surface area contributed by atoms with Crippen LogP contribution in [0.2, 0.25) is 10.0 Å². The van der Waals surface area contributed by atoms with Gasteiger partial charge in [0, 0.05) is 5.69 Å². The predicted octanol–water partition coefficient (Wildman–Crippen LogP) is 4.32. The largest absolute Gasteiger partial charge is 0.335 e. The highest BCUT2D eigenvalue weighted by Crippen LogP contribution is 2.25. The minimum atomic E-state index is 0. The van der Waals surface area contributed by atoms with Crippen molar-refractivity contribution < 1.29 is 0 Å². The van der Waals surface area contributed by atoms with Crippen LogP contribution in [0.25, 0.3) is 0 Å². The maximum Gasteiger partial charge on any atom is 0.157 e. The Hall–Kier alpha value is 0.350. The molecule has 1 aromatic carbocycles. The van der Waals surface area contributed by atoms with Crippen LogP contribution in [0.4, 0.5) is 5.69 Å². The van der Waals surface area contributed by atoms with Crippen LogP contribution in [0.5, 0.6) is 0 Å². The van der Waals surface area contributed by atoms with E-state index in [1.807, 2.05) is 6.26 Å². The average Bonchev–Trinajstić information content (AvgIpc) is 2.11. The SMILES string of the molecule is CSC(=N)Nc1ccc(Cl)c(Cl)c1.I. The predicted molar refractivity (Wildman–Crippen MR) is 76.7 cm³/mol. The maximum absolute atomic E-state index is 7.37. The molecule has 6 heteroatoms. The van der Waals surface area contributed by atoms with Gasteiger partial charge in [0.25, 0.3) is 0 Å². The Bertz CT molecular complexity index is 333. The van der Waals surface area contributed by atoms with Gasteiger partial charge in [0.15, 0.2) is 5.17 Å². The molecule has 0 bridgehead atoms. The van der Waals surface area contributed by atoms with Gasteiger partial charge in [-0.3, -0.25) is 5.41 Å². The first-order valence-corrected chi connectivity index (χ1v) is 5.46. The van der Waals surface area contributed by atoms with E-state index in [0.29, 0.717) is 15.2 Å². The summed E-state index contributed by atoms with van der Waals surface area (Å²) in [4.78, 5) is 0. The second kappa shape index (κ2) is 6.76. The molecule has 0 aliphatic carbocycles. The summed E-state index contributed by atoms with van der Waals surface area (Å²) in [5.74, 6) is 0. The molecule has 14 heavy (non-hydrogen) atoms. The summed E-state index contributed by atoms with van der Waals surface area (Å²) in [6.07, 6.45) is 1.83. The molecule has 0 spiro atoms. The molecule has 0 fully saturated rings. The van der Waals surface area contributed by atoms with E-state index in [4.69, 9.17) is 28.6 Å². The monoisotopic (exact) mass is 362 g/mol. The first-order valence-electron chi connectivity index (χ1n) is 3.48. The van der Waals surface area contributed by atoms with Gasteiger partial charge in [-0.2, -0.15) is 0 Å². The summed E-state index contributed by atoms with van der Waals surface area (Å²) in [5, 5.41) is 11.6.